The van der Waals surface area contributed by atoms with E-state index >= 15 is 0 Å². The summed E-state index contributed by atoms with van der Waals surface area (Å²) in [6, 6.07) is 13.2. The number of benzene rings is 2. The normalized spacial score (nSPS) is 11.6. The fraction of sp³-hybridized carbons (Fsp3) is 0.111. The van der Waals surface area contributed by atoms with Crippen LogP contribution in [-0.4, -0.2) is 37.8 Å². The van der Waals surface area contributed by atoms with Crippen LogP contribution < -0.4 is 10.6 Å². The monoisotopic (exact) mass is 423 g/mol. The fourth-order valence-electron chi connectivity index (χ4n) is 2.01. The van der Waals surface area contributed by atoms with Gasteiger partial charge in [0.25, 0.3) is 0 Å². The SMILES string of the molecule is CN(C)S(=O)(=O)c1ccc(NC(=S)NC(=O)/C=C\c2ccccc2Cl)cc1. The maximum absolute atomic E-state index is 12.0. The molecule has 0 fully saturated rings. The Morgan fingerprint density at radius 3 is 2.33 bits per heavy atom. The first-order chi connectivity index (χ1) is 12.7. The zero-order valence-corrected chi connectivity index (χ0v) is 17.0. The lowest BCUT2D eigenvalue weighted by molar-refractivity contribution is -0.115. The van der Waals surface area contributed by atoms with Gasteiger partial charge in [-0.25, -0.2) is 12.7 Å². The lowest BCUT2D eigenvalue weighted by atomic mass is 10.2. The van der Waals surface area contributed by atoms with Crippen molar-refractivity contribution < 1.29 is 13.2 Å². The highest BCUT2D eigenvalue weighted by atomic mass is 35.5. The van der Waals surface area contributed by atoms with Crippen LogP contribution in [0.15, 0.2) is 59.5 Å². The molecule has 0 aliphatic carbocycles. The number of amides is 1. The molecule has 0 radical (unpaired) electrons. The lowest BCUT2D eigenvalue weighted by Gasteiger charge is -2.12. The number of thiocarbonyl (C=S) groups is 1. The quantitative estimate of drug-likeness (QED) is 0.570. The van der Waals surface area contributed by atoms with E-state index in [1.165, 1.54) is 32.3 Å². The Balaban J connectivity index is 1.95. The molecule has 2 aromatic carbocycles. The zero-order valence-electron chi connectivity index (χ0n) is 14.6. The average Bonchev–Trinajstić information content (AvgIpc) is 2.61. The Bertz CT molecular complexity index is 972. The fourth-order valence-corrected chi connectivity index (χ4v) is 3.33. The average molecular weight is 424 g/mol. The molecule has 0 aliphatic rings. The van der Waals surface area contributed by atoms with Gasteiger partial charge in [-0.3, -0.25) is 10.1 Å². The second-order valence-corrected chi connectivity index (χ2v) is 8.58. The minimum Gasteiger partial charge on any atom is -0.332 e. The van der Waals surface area contributed by atoms with Gasteiger partial charge in [0.05, 0.1) is 4.90 Å². The van der Waals surface area contributed by atoms with Gasteiger partial charge in [0.2, 0.25) is 15.9 Å². The summed E-state index contributed by atoms with van der Waals surface area (Å²) in [6.45, 7) is 0. The van der Waals surface area contributed by atoms with Crippen molar-refractivity contribution in [2.24, 2.45) is 0 Å². The van der Waals surface area contributed by atoms with E-state index in [2.05, 4.69) is 10.6 Å². The third-order valence-corrected chi connectivity index (χ3v) is 5.82. The van der Waals surface area contributed by atoms with E-state index in [-0.39, 0.29) is 10.0 Å². The van der Waals surface area contributed by atoms with Gasteiger partial charge in [0.15, 0.2) is 5.11 Å². The number of rotatable bonds is 5. The number of nitrogens with zero attached hydrogens (tertiary/aromatic N) is 1. The summed E-state index contributed by atoms with van der Waals surface area (Å²) in [5, 5.41) is 5.95. The molecule has 0 atom stereocenters. The van der Waals surface area contributed by atoms with E-state index in [4.69, 9.17) is 23.8 Å². The highest BCUT2D eigenvalue weighted by Crippen LogP contribution is 2.17. The van der Waals surface area contributed by atoms with Gasteiger partial charge in [-0.2, -0.15) is 0 Å². The number of anilines is 1. The minimum absolute atomic E-state index is 0.0898. The molecule has 0 aliphatic heterocycles. The van der Waals surface area contributed by atoms with E-state index in [0.717, 1.165) is 4.31 Å². The molecule has 6 nitrogen and oxygen atoms in total. The van der Waals surface area contributed by atoms with E-state index in [0.29, 0.717) is 16.3 Å². The first-order valence-electron chi connectivity index (χ1n) is 7.77. The summed E-state index contributed by atoms with van der Waals surface area (Å²) < 4.78 is 25.2. The number of carbonyl (C=O) groups is 1. The maximum atomic E-state index is 12.0. The van der Waals surface area contributed by atoms with Crippen molar-refractivity contribution in [1.82, 2.24) is 9.62 Å². The standard InChI is InChI=1S/C18H18ClN3O3S2/c1-22(2)27(24,25)15-10-8-14(9-11-15)20-18(26)21-17(23)12-7-13-5-3-4-6-16(13)19/h3-12H,1-2H3,(H2,20,21,23,26)/b12-7-. The zero-order chi connectivity index (χ0) is 20.0. The number of hydrogen-bond donors (Lipinski definition) is 2. The van der Waals surface area contributed by atoms with Crippen molar-refractivity contribution in [1.29, 1.82) is 0 Å². The third-order valence-electron chi connectivity index (χ3n) is 3.45. The maximum Gasteiger partial charge on any atom is 0.250 e. The van der Waals surface area contributed by atoms with Gasteiger partial charge in [-0.05, 0) is 54.2 Å². The van der Waals surface area contributed by atoms with E-state index < -0.39 is 15.9 Å². The van der Waals surface area contributed by atoms with Gasteiger partial charge < -0.3 is 5.32 Å². The van der Waals surface area contributed by atoms with Gasteiger partial charge in [-0.1, -0.05) is 29.8 Å². The summed E-state index contributed by atoms with van der Waals surface area (Å²) in [5.41, 5.74) is 1.26. The van der Waals surface area contributed by atoms with Gasteiger partial charge in [-0.15, -0.1) is 0 Å². The second-order valence-electron chi connectivity index (χ2n) is 5.61. The molecule has 2 rings (SSSR count). The molecule has 0 spiro atoms. The first kappa shape index (κ1) is 21.0. The van der Waals surface area contributed by atoms with Crippen molar-refractivity contribution in [3.05, 3.63) is 65.2 Å². The Morgan fingerprint density at radius 2 is 1.74 bits per heavy atom. The summed E-state index contributed by atoms with van der Waals surface area (Å²) >= 11 is 11.1. The van der Waals surface area contributed by atoms with Crippen molar-refractivity contribution in [3.8, 4) is 0 Å². The van der Waals surface area contributed by atoms with Crippen LogP contribution in [0.3, 0.4) is 0 Å². The van der Waals surface area contributed by atoms with Crippen molar-refractivity contribution in [2.75, 3.05) is 19.4 Å². The molecule has 142 valence electrons. The van der Waals surface area contributed by atoms with Crippen LogP contribution in [0.4, 0.5) is 5.69 Å². The first-order valence-corrected chi connectivity index (χ1v) is 10.00. The largest absolute Gasteiger partial charge is 0.332 e. The predicted molar refractivity (Wildman–Crippen MR) is 112 cm³/mol. The summed E-state index contributed by atoms with van der Waals surface area (Å²) in [6.07, 6.45) is 2.91. The number of carbonyl (C=O) groups excluding carboxylic acids is 1. The Labute approximate surface area is 168 Å². The molecule has 0 aromatic heterocycles. The topological polar surface area (TPSA) is 78.5 Å². The Morgan fingerprint density at radius 1 is 1.11 bits per heavy atom. The van der Waals surface area contributed by atoms with Crippen LogP contribution in [0.5, 0.6) is 0 Å². The molecule has 2 aromatic rings. The molecular formula is C18H18ClN3O3S2. The molecule has 0 unspecified atom stereocenters. The van der Waals surface area contributed by atoms with E-state index in [9.17, 15) is 13.2 Å². The van der Waals surface area contributed by atoms with Crippen LogP contribution in [0.1, 0.15) is 5.56 Å². The van der Waals surface area contributed by atoms with Crippen LogP contribution in [0, 0.1) is 0 Å². The van der Waals surface area contributed by atoms with Crippen LogP contribution >= 0.6 is 23.8 Å². The van der Waals surface area contributed by atoms with E-state index in [1.54, 1.807) is 36.4 Å². The number of nitrogens with one attached hydrogen (secondary N) is 2. The molecule has 27 heavy (non-hydrogen) atoms. The number of hydrogen-bond acceptors (Lipinski definition) is 4. The third kappa shape index (κ3) is 5.86. The van der Waals surface area contributed by atoms with Crippen molar-refractivity contribution in [2.45, 2.75) is 4.90 Å². The molecule has 0 heterocycles. The highest BCUT2D eigenvalue weighted by molar-refractivity contribution is 7.89. The highest BCUT2D eigenvalue weighted by Gasteiger charge is 2.16. The van der Waals surface area contributed by atoms with Crippen LogP contribution in [-0.2, 0) is 14.8 Å². The summed E-state index contributed by atoms with van der Waals surface area (Å²) in [4.78, 5) is 12.1. The molecule has 9 heteroatoms. The number of sulfonamides is 1. The van der Waals surface area contributed by atoms with Gasteiger partial charge in [0.1, 0.15) is 0 Å². The van der Waals surface area contributed by atoms with E-state index in [1.807, 2.05) is 6.07 Å². The summed E-state index contributed by atoms with van der Waals surface area (Å²) in [5.74, 6) is -0.417. The Kier molecular flexibility index (Phi) is 7.09. The Hall–Kier alpha value is -2.26. The minimum atomic E-state index is -3.50. The van der Waals surface area contributed by atoms with Crippen LogP contribution in [0.2, 0.25) is 5.02 Å². The van der Waals surface area contributed by atoms with Crippen LogP contribution in [0.25, 0.3) is 6.08 Å². The second kappa shape index (κ2) is 9.09. The van der Waals surface area contributed by atoms with Gasteiger partial charge in [0, 0.05) is 30.9 Å². The smallest absolute Gasteiger partial charge is 0.250 e. The molecule has 0 saturated heterocycles. The molecule has 0 bridgehead atoms. The lowest BCUT2D eigenvalue weighted by Crippen LogP contribution is -2.32. The molecule has 1 amide bonds. The van der Waals surface area contributed by atoms with Gasteiger partial charge >= 0.3 is 0 Å². The molecule has 2 N–H and O–H groups in total. The summed E-state index contributed by atoms with van der Waals surface area (Å²) in [7, 11) is -0.574. The van der Waals surface area contributed by atoms with Crippen molar-refractivity contribution in [3.63, 3.8) is 0 Å². The molecular weight excluding hydrogens is 406 g/mol. The predicted octanol–water partition coefficient (Wildman–Crippen LogP) is 3.12. The number of halogens is 1. The molecule has 0 saturated carbocycles. The van der Waals surface area contributed by atoms with Crippen molar-refractivity contribution >= 4 is 56.6 Å².